The third kappa shape index (κ3) is 7.23. The molecule has 12 nitrogen and oxygen atoms in total. The van der Waals surface area contributed by atoms with Crippen LogP contribution in [-0.2, 0) is 36.8 Å². The molecule has 0 unspecified atom stereocenters. The van der Waals surface area contributed by atoms with E-state index in [9.17, 15) is 33.5 Å². The molecular formula is C34H43FN4O8. The first-order valence-electron chi connectivity index (χ1n) is 16.9. The number of rotatable bonds is 4. The van der Waals surface area contributed by atoms with Crippen LogP contribution in [0.25, 0.3) is 0 Å². The van der Waals surface area contributed by atoms with Crippen LogP contribution in [0.5, 0.6) is 0 Å². The van der Waals surface area contributed by atoms with Crippen LogP contribution >= 0.6 is 0 Å². The number of ether oxygens (including phenoxy) is 2. The van der Waals surface area contributed by atoms with Crippen molar-refractivity contribution < 1.29 is 42.9 Å². The zero-order valence-corrected chi connectivity index (χ0v) is 26.5. The lowest BCUT2D eigenvalue weighted by Crippen LogP contribution is -2.56. The first-order valence-corrected chi connectivity index (χ1v) is 16.9. The number of carbonyl (C=O) groups excluding carboxylic acids is 4. The zero-order valence-electron chi connectivity index (χ0n) is 26.5. The molecule has 3 fully saturated rings. The molecule has 0 spiro atoms. The molecule has 1 saturated heterocycles. The minimum atomic E-state index is -1.48. The second-order valence-corrected chi connectivity index (χ2v) is 13.4. The fraction of sp³-hybridized carbons (Fsp3) is 0.618. The Labute approximate surface area is 273 Å². The fourth-order valence-corrected chi connectivity index (χ4v) is 7.42. The highest BCUT2D eigenvalue weighted by Crippen LogP contribution is 2.45. The molecule has 4 amide bonds. The maximum absolute atomic E-state index is 14.2. The molecule has 0 aromatic heterocycles. The largest absolute Gasteiger partial charge is 0.479 e. The number of halogens is 1. The molecule has 254 valence electrons. The van der Waals surface area contributed by atoms with E-state index in [2.05, 4.69) is 10.6 Å². The lowest BCUT2D eigenvalue weighted by Gasteiger charge is -2.30. The molecule has 1 aromatic rings. The predicted octanol–water partition coefficient (Wildman–Crippen LogP) is 3.81. The van der Waals surface area contributed by atoms with Gasteiger partial charge >= 0.3 is 18.2 Å². The van der Waals surface area contributed by atoms with Crippen LogP contribution in [0.1, 0.15) is 81.8 Å². The van der Waals surface area contributed by atoms with E-state index >= 15 is 0 Å². The van der Waals surface area contributed by atoms with Crippen molar-refractivity contribution in [3.63, 3.8) is 0 Å². The van der Waals surface area contributed by atoms with Crippen molar-refractivity contribution in [2.24, 2.45) is 5.92 Å². The van der Waals surface area contributed by atoms with E-state index in [0.29, 0.717) is 30.4 Å². The van der Waals surface area contributed by atoms with Gasteiger partial charge < -0.3 is 35.0 Å². The summed E-state index contributed by atoms with van der Waals surface area (Å²) in [4.78, 5) is 69.2. The Morgan fingerprint density at radius 1 is 1.02 bits per heavy atom. The maximum atomic E-state index is 14.2. The zero-order chi connectivity index (χ0) is 33.1. The van der Waals surface area contributed by atoms with E-state index in [1.807, 2.05) is 12.2 Å². The lowest BCUT2D eigenvalue weighted by molar-refractivity contribution is -0.145. The first kappa shape index (κ1) is 32.8. The highest BCUT2D eigenvalue weighted by Gasteiger charge is 2.61. The summed E-state index contributed by atoms with van der Waals surface area (Å²) in [5.74, 6) is -3.01. The van der Waals surface area contributed by atoms with Crippen molar-refractivity contribution in [2.75, 3.05) is 13.1 Å². The summed E-state index contributed by atoms with van der Waals surface area (Å²) in [5, 5.41) is 15.5. The highest BCUT2D eigenvalue weighted by atomic mass is 19.1. The number of alkyl carbamates (subject to hydrolysis) is 1. The van der Waals surface area contributed by atoms with Gasteiger partial charge in [0.2, 0.25) is 11.8 Å². The van der Waals surface area contributed by atoms with Crippen molar-refractivity contribution in [1.82, 2.24) is 20.4 Å². The minimum Gasteiger partial charge on any atom is -0.479 e. The van der Waals surface area contributed by atoms with Gasteiger partial charge in [-0.1, -0.05) is 37.1 Å². The minimum absolute atomic E-state index is 0.0438. The van der Waals surface area contributed by atoms with Crippen LogP contribution in [0, 0.1) is 11.7 Å². The molecule has 3 N–H and O–H groups in total. The number of nitrogens with one attached hydrogen (secondary N) is 2. The average molecular weight is 655 g/mol. The van der Waals surface area contributed by atoms with Gasteiger partial charge in [0.25, 0.3) is 0 Å². The number of carbonyl (C=O) groups is 5. The van der Waals surface area contributed by atoms with E-state index in [1.54, 1.807) is 12.1 Å². The van der Waals surface area contributed by atoms with Crippen molar-refractivity contribution in [2.45, 2.75) is 113 Å². The number of hydrogen-bond donors (Lipinski definition) is 3. The maximum Gasteiger partial charge on any atom is 0.410 e. The van der Waals surface area contributed by atoms with Gasteiger partial charge in [0.1, 0.15) is 35.6 Å². The van der Waals surface area contributed by atoms with E-state index in [0.717, 1.165) is 44.9 Å². The highest BCUT2D eigenvalue weighted by molar-refractivity contribution is 5.96. The molecule has 6 rings (SSSR count). The van der Waals surface area contributed by atoms with Crippen molar-refractivity contribution in [1.29, 1.82) is 0 Å². The van der Waals surface area contributed by atoms with E-state index < -0.39 is 53.7 Å². The van der Waals surface area contributed by atoms with Gasteiger partial charge in [0.15, 0.2) is 0 Å². The van der Waals surface area contributed by atoms with Crippen molar-refractivity contribution in [3.8, 4) is 0 Å². The van der Waals surface area contributed by atoms with Crippen LogP contribution in [-0.4, -0.2) is 87.8 Å². The molecule has 0 bridgehead atoms. The smallest absolute Gasteiger partial charge is 0.410 e. The summed E-state index contributed by atoms with van der Waals surface area (Å²) >= 11 is 0. The van der Waals surface area contributed by atoms with Crippen molar-refractivity contribution in [3.05, 3.63) is 47.3 Å². The third-order valence-electron chi connectivity index (χ3n) is 10.2. The first-order chi connectivity index (χ1) is 22.6. The second-order valence-electron chi connectivity index (χ2n) is 13.4. The van der Waals surface area contributed by atoms with E-state index in [1.165, 1.54) is 15.9 Å². The Morgan fingerprint density at radius 3 is 2.60 bits per heavy atom. The molecule has 2 aliphatic carbocycles. The molecule has 13 heteroatoms. The molecule has 1 aromatic carbocycles. The molecule has 5 aliphatic rings. The van der Waals surface area contributed by atoms with Gasteiger partial charge in [-0.2, -0.15) is 0 Å². The average Bonchev–Trinajstić information content (AvgIpc) is 3.33. The third-order valence-corrected chi connectivity index (χ3v) is 10.2. The molecule has 3 heterocycles. The molecule has 0 radical (unpaired) electrons. The van der Waals surface area contributed by atoms with Gasteiger partial charge in [0, 0.05) is 25.4 Å². The Hall–Kier alpha value is -4.16. The lowest BCUT2D eigenvalue weighted by atomic mass is 9.99. The number of allylic oxidation sites excluding steroid dienone is 1. The quantitative estimate of drug-likeness (QED) is 0.415. The van der Waals surface area contributed by atoms with Crippen LogP contribution in [0.4, 0.5) is 14.0 Å². The van der Waals surface area contributed by atoms with Gasteiger partial charge in [-0.15, -0.1) is 0 Å². The number of aliphatic carboxylic acids is 1. The molecule has 5 atom stereocenters. The number of amides is 4. The number of benzene rings is 1. The fourth-order valence-electron chi connectivity index (χ4n) is 7.42. The summed E-state index contributed by atoms with van der Waals surface area (Å²) in [6, 6.07) is 2.63. The Bertz CT molecular complexity index is 1430. The number of nitrogens with zero attached hydrogens (tertiary/aromatic N) is 2. The van der Waals surface area contributed by atoms with E-state index in [-0.39, 0.29) is 50.3 Å². The Kier molecular flexibility index (Phi) is 9.70. The summed E-state index contributed by atoms with van der Waals surface area (Å²) in [6.45, 7) is 0.300. The number of fused-ring (bicyclic) bond motifs is 3. The van der Waals surface area contributed by atoms with E-state index in [4.69, 9.17) is 9.47 Å². The van der Waals surface area contributed by atoms with Crippen molar-refractivity contribution >= 4 is 30.0 Å². The standard InChI is InChI=1S/C34H43FN4O8/c35-26-13-8-9-21-19-38(16-15-25(21)26)33(45)47-24-17-28-29(40)37-34(31(42)43)18-22(34)10-4-2-1-3-5-14-27(30(41)39(28)20-24)36-32(44)46-23-11-6-7-12-23/h4,8-10,13,22-24,27-28H,1-3,5-7,11-12,14-20H2,(H,36,44)(H,37,40)(H,42,43)/b10-4-/t22-,24+,27-,28-,34+/m0/s1. The van der Waals surface area contributed by atoms with Gasteiger partial charge in [-0.3, -0.25) is 9.59 Å². The summed E-state index contributed by atoms with van der Waals surface area (Å²) < 4.78 is 25.7. The Morgan fingerprint density at radius 2 is 1.81 bits per heavy atom. The topological polar surface area (TPSA) is 155 Å². The predicted molar refractivity (Wildman–Crippen MR) is 165 cm³/mol. The Balaban J connectivity index is 1.20. The summed E-state index contributed by atoms with van der Waals surface area (Å²) in [7, 11) is 0. The van der Waals surface area contributed by atoms with Gasteiger partial charge in [-0.05, 0) is 75.0 Å². The van der Waals surface area contributed by atoms with Crippen LogP contribution in [0.3, 0.4) is 0 Å². The summed E-state index contributed by atoms with van der Waals surface area (Å²) in [6.07, 6.45) is 8.66. The van der Waals surface area contributed by atoms with Gasteiger partial charge in [-0.25, -0.2) is 18.8 Å². The number of carboxylic acid groups (broad SMARTS) is 1. The second kappa shape index (κ2) is 13.9. The molecular weight excluding hydrogens is 611 g/mol. The molecule has 47 heavy (non-hydrogen) atoms. The number of hydrogen-bond acceptors (Lipinski definition) is 7. The SMILES string of the molecule is O=C(N[C@H]1CCCCC/C=C\[C@H]2C[C@@]2(C(=O)O)NC(=O)[C@@H]2C[C@@H](OC(=O)N3CCc4c(F)cccc4C3)CN2C1=O)OC1CCCC1. The summed E-state index contributed by atoms with van der Waals surface area (Å²) in [5.41, 5.74) is -0.223. The van der Waals surface area contributed by atoms with Gasteiger partial charge in [0.05, 0.1) is 6.54 Å². The molecule has 3 aliphatic heterocycles. The van der Waals surface area contributed by atoms with Crippen LogP contribution < -0.4 is 10.6 Å². The monoisotopic (exact) mass is 654 g/mol. The van der Waals surface area contributed by atoms with Crippen LogP contribution in [0.15, 0.2) is 30.4 Å². The molecule has 2 saturated carbocycles. The normalized spacial score (nSPS) is 30.5. The number of carboxylic acids is 1. The van der Waals surface area contributed by atoms with Crippen LogP contribution in [0.2, 0.25) is 0 Å².